The molecule has 0 saturated heterocycles. The summed E-state index contributed by atoms with van der Waals surface area (Å²) in [6.07, 6.45) is 0.340. The number of carbonyl (C=O) groups is 1. The van der Waals surface area contributed by atoms with Crippen LogP contribution in [0.3, 0.4) is 0 Å². The van der Waals surface area contributed by atoms with Crippen molar-refractivity contribution in [2.45, 2.75) is 34.1 Å². The highest BCUT2D eigenvalue weighted by molar-refractivity contribution is 7.80. The molecule has 0 spiro atoms. The summed E-state index contributed by atoms with van der Waals surface area (Å²) >= 11 is 5.01. The van der Waals surface area contributed by atoms with E-state index in [1.807, 2.05) is 19.9 Å². The number of hydrogen-bond donors (Lipinski definition) is 2. The molecule has 0 aliphatic heterocycles. The molecule has 2 N–H and O–H groups in total. The van der Waals surface area contributed by atoms with Crippen LogP contribution in [-0.2, 0) is 4.79 Å². The van der Waals surface area contributed by atoms with Gasteiger partial charge in [-0.2, -0.15) is 5.26 Å². The van der Waals surface area contributed by atoms with Crippen molar-refractivity contribution in [1.29, 1.82) is 5.26 Å². The molecule has 1 heterocycles. The normalized spacial score (nSPS) is 10.1. The summed E-state index contributed by atoms with van der Waals surface area (Å²) < 4.78 is 1.16. The van der Waals surface area contributed by atoms with Crippen LogP contribution in [0.15, 0.2) is 10.9 Å². The lowest BCUT2D eigenvalue weighted by molar-refractivity contribution is -0.120. The van der Waals surface area contributed by atoms with E-state index in [1.165, 1.54) is 0 Å². The zero-order valence-corrected chi connectivity index (χ0v) is 13.3. The van der Waals surface area contributed by atoms with Gasteiger partial charge < -0.3 is 5.32 Å². The molecule has 0 saturated carbocycles. The first kappa shape index (κ1) is 16.9. The molecule has 6 nitrogen and oxygen atoms in total. The van der Waals surface area contributed by atoms with Gasteiger partial charge in [0.05, 0.1) is 0 Å². The number of aromatic nitrogens is 1. The van der Waals surface area contributed by atoms with Crippen LogP contribution >= 0.6 is 12.2 Å². The minimum absolute atomic E-state index is 0.0265. The first-order valence-electron chi connectivity index (χ1n) is 6.50. The van der Waals surface area contributed by atoms with E-state index < -0.39 is 5.56 Å². The first-order valence-corrected chi connectivity index (χ1v) is 6.91. The van der Waals surface area contributed by atoms with Crippen LogP contribution in [0.1, 0.15) is 37.1 Å². The monoisotopic (exact) mass is 306 g/mol. The molecule has 0 aliphatic carbocycles. The minimum Gasteiger partial charge on any atom is -0.302 e. The molecule has 0 unspecified atom stereocenters. The van der Waals surface area contributed by atoms with Gasteiger partial charge in [0.25, 0.3) is 5.56 Å². The highest BCUT2D eigenvalue weighted by Gasteiger charge is 2.12. The summed E-state index contributed by atoms with van der Waals surface area (Å²) in [6.45, 7) is 7.24. The Kier molecular flexibility index (Phi) is 5.61. The number of carbonyl (C=O) groups excluding carboxylic acids is 1. The standard InChI is InChI=1S/C14H18N4O2S/c1-8(2)5-12(19)16-14(21)17-18-10(4)6-9(3)11(7-15)13(18)20/h6,8H,5H2,1-4H3,(H2,16,17,19,21). The lowest BCUT2D eigenvalue weighted by Gasteiger charge is -2.15. The van der Waals surface area contributed by atoms with Crippen molar-refractivity contribution in [3.05, 3.63) is 33.2 Å². The fourth-order valence-corrected chi connectivity index (χ4v) is 2.05. The van der Waals surface area contributed by atoms with Crippen LogP contribution < -0.4 is 16.3 Å². The van der Waals surface area contributed by atoms with Gasteiger partial charge in [-0.05, 0) is 43.6 Å². The fraction of sp³-hybridized carbons (Fsp3) is 0.429. The molecule has 0 fully saturated rings. The van der Waals surface area contributed by atoms with Crippen molar-refractivity contribution in [2.75, 3.05) is 5.43 Å². The van der Waals surface area contributed by atoms with Crippen LogP contribution in [-0.4, -0.2) is 15.7 Å². The van der Waals surface area contributed by atoms with Crippen molar-refractivity contribution in [3.8, 4) is 6.07 Å². The number of pyridine rings is 1. The maximum atomic E-state index is 12.1. The minimum atomic E-state index is -0.490. The number of rotatable bonds is 3. The Labute approximate surface area is 128 Å². The second kappa shape index (κ2) is 6.99. The van der Waals surface area contributed by atoms with Crippen molar-refractivity contribution in [1.82, 2.24) is 9.99 Å². The first-order chi connectivity index (χ1) is 9.76. The molecule has 0 aliphatic rings. The van der Waals surface area contributed by atoms with E-state index in [0.717, 1.165) is 4.68 Å². The third-order valence-electron chi connectivity index (χ3n) is 2.76. The van der Waals surface area contributed by atoms with Crippen LogP contribution in [0.4, 0.5) is 0 Å². The zero-order valence-electron chi connectivity index (χ0n) is 12.5. The molecule has 112 valence electrons. The van der Waals surface area contributed by atoms with Crippen LogP contribution in [0.2, 0.25) is 0 Å². The van der Waals surface area contributed by atoms with Gasteiger partial charge in [-0.25, -0.2) is 4.68 Å². The van der Waals surface area contributed by atoms with E-state index in [9.17, 15) is 9.59 Å². The summed E-state index contributed by atoms with van der Waals surface area (Å²) in [5, 5.41) is 11.5. The fourth-order valence-electron chi connectivity index (χ4n) is 1.84. The van der Waals surface area contributed by atoms with Gasteiger partial charge in [0, 0.05) is 12.1 Å². The number of nitriles is 1. The Balaban J connectivity index is 2.94. The van der Waals surface area contributed by atoms with Crippen molar-refractivity contribution in [3.63, 3.8) is 0 Å². The number of nitrogens with one attached hydrogen (secondary N) is 2. The number of thiocarbonyl (C=S) groups is 1. The second-order valence-electron chi connectivity index (χ2n) is 5.18. The quantitative estimate of drug-likeness (QED) is 0.823. The summed E-state index contributed by atoms with van der Waals surface area (Å²) in [4.78, 5) is 23.8. The van der Waals surface area contributed by atoms with Crippen LogP contribution in [0.5, 0.6) is 0 Å². The van der Waals surface area contributed by atoms with E-state index >= 15 is 0 Å². The van der Waals surface area contributed by atoms with E-state index in [4.69, 9.17) is 17.5 Å². The Morgan fingerprint density at radius 1 is 1.48 bits per heavy atom. The number of hydrogen-bond acceptors (Lipinski definition) is 4. The molecule has 7 heteroatoms. The zero-order chi connectivity index (χ0) is 16.2. The highest BCUT2D eigenvalue weighted by Crippen LogP contribution is 2.04. The smallest absolute Gasteiger partial charge is 0.287 e. The Morgan fingerprint density at radius 3 is 2.62 bits per heavy atom. The molecule has 0 atom stereocenters. The average molecular weight is 306 g/mol. The molecule has 0 radical (unpaired) electrons. The highest BCUT2D eigenvalue weighted by atomic mass is 32.1. The SMILES string of the molecule is Cc1cc(C)n(NC(=S)NC(=O)CC(C)C)c(=O)c1C#N. The number of amides is 1. The average Bonchev–Trinajstić information content (AvgIpc) is 2.33. The molecule has 0 bridgehead atoms. The number of aryl methyl sites for hydroxylation is 2. The Hall–Kier alpha value is -2.20. The molecular weight excluding hydrogens is 288 g/mol. The van der Waals surface area contributed by atoms with E-state index in [2.05, 4.69) is 10.7 Å². The van der Waals surface area contributed by atoms with Gasteiger partial charge in [-0.3, -0.25) is 15.0 Å². The number of nitrogens with zero attached hydrogens (tertiary/aromatic N) is 2. The molecule has 1 aromatic rings. The molecule has 0 aromatic carbocycles. The molecule has 21 heavy (non-hydrogen) atoms. The van der Waals surface area contributed by atoms with E-state index in [0.29, 0.717) is 17.7 Å². The third-order valence-corrected chi connectivity index (χ3v) is 2.95. The predicted octanol–water partition coefficient (Wildman–Crippen LogP) is 1.33. The van der Waals surface area contributed by atoms with Gasteiger partial charge in [0.1, 0.15) is 11.6 Å². The maximum absolute atomic E-state index is 12.1. The topological polar surface area (TPSA) is 86.9 Å². The maximum Gasteiger partial charge on any atom is 0.287 e. The lowest BCUT2D eigenvalue weighted by atomic mass is 10.1. The Bertz CT molecular complexity index is 671. The van der Waals surface area contributed by atoms with Gasteiger partial charge in [0.2, 0.25) is 5.91 Å². The van der Waals surface area contributed by atoms with Gasteiger partial charge in [0.15, 0.2) is 5.11 Å². The van der Waals surface area contributed by atoms with E-state index in [1.54, 1.807) is 19.9 Å². The summed E-state index contributed by atoms with van der Waals surface area (Å²) in [6, 6.07) is 3.57. The summed E-state index contributed by atoms with van der Waals surface area (Å²) in [5.74, 6) is -0.0114. The lowest BCUT2D eigenvalue weighted by Crippen LogP contribution is -2.43. The molecular formula is C14H18N4O2S. The van der Waals surface area contributed by atoms with Gasteiger partial charge in [-0.15, -0.1) is 0 Å². The van der Waals surface area contributed by atoms with Crippen molar-refractivity contribution in [2.24, 2.45) is 5.92 Å². The molecule has 1 aromatic heterocycles. The second-order valence-corrected chi connectivity index (χ2v) is 5.59. The van der Waals surface area contributed by atoms with Gasteiger partial charge in [-0.1, -0.05) is 13.8 Å². The van der Waals surface area contributed by atoms with Crippen molar-refractivity contribution < 1.29 is 4.79 Å². The van der Waals surface area contributed by atoms with Gasteiger partial charge >= 0.3 is 0 Å². The molecule has 1 rings (SSSR count). The largest absolute Gasteiger partial charge is 0.302 e. The molecule has 1 amide bonds. The predicted molar refractivity (Wildman–Crippen MR) is 84.4 cm³/mol. The summed E-state index contributed by atoms with van der Waals surface area (Å²) in [7, 11) is 0. The van der Waals surface area contributed by atoms with E-state index in [-0.39, 0.29) is 22.5 Å². The summed E-state index contributed by atoms with van der Waals surface area (Å²) in [5.41, 5.74) is 3.39. The third kappa shape index (κ3) is 4.39. The Morgan fingerprint density at radius 2 is 2.10 bits per heavy atom. The van der Waals surface area contributed by atoms with Crippen molar-refractivity contribution >= 4 is 23.2 Å². The van der Waals surface area contributed by atoms with Crippen LogP contribution in [0, 0.1) is 31.1 Å². The van der Waals surface area contributed by atoms with Crippen LogP contribution in [0.25, 0.3) is 0 Å².